The van der Waals surface area contributed by atoms with Crippen molar-refractivity contribution in [3.05, 3.63) is 16.1 Å². The number of hydrogen-bond donors (Lipinski definition) is 2. The Balaban J connectivity index is 1.98. The molecule has 21 heavy (non-hydrogen) atoms. The first-order valence-electron chi connectivity index (χ1n) is 6.56. The van der Waals surface area contributed by atoms with Crippen molar-refractivity contribution in [3.63, 3.8) is 0 Å². The van der Waals surface area contributed by atoms with Crippen LogP contribution in [-0.2, 0) is 16.1 Å². The summed E-state index contributed by atoms with van der Waals surface area (Å²) in [5.41, 5.74) is 1.55. The molecule has 0 radical (unpaired) electrons. The molecular formula is C13H19N3O4S. The molecule has 1 fully saturated rings. The number of rotatable bonds is 4. The summed E-state index contributed by atoms with van der Waals surface area (Å²) in [4.78, 5) is 30.2. The molecule has 1 aromatic rings. The number of carboxylic acids is 1. The molecule has 1 saturated heterocycles. The molecule has 2 rings (SSSR count). The van der Waals surface area contributed by atoms with Gasteiger partial charge in [0.25, 0.3) is 0 Å². The minimum absolute atomic E-state index is 0.102. The molecule has 0 aromatic carbocycles. The number of nitrogens with one attached hydrogen (secondary N) is 1. The standard InChI is InChI=1S/C13H19N3O4S/c1-8-9(21-7-14-8)4-16(3)12(19)15-10-5-20-6-13(10,2)11(17)18/h7,10H,4-6H2,1-3H3,(H,15,19)(H,17,18). The highest BCUT2D eigenvalue weighted by atomic mass is 32.1. The maximum atomic E-state index is 12.2. The molecule has 1 aliphatic heterocycles. The van der Waals surface area contributed by atoms with Gasteiger partial charge in [0.1, 0.15) is 5.41 Å². The van der Waals surface area contributed by atoms with Gasteiger partial charge in [0.15, 0.2) is 0 Å². The second-order valence-electron chi connectivity index (χ2n) is 5.46. The van der Waals surface area contributed by atoms with Gasteiger partial charge in [-0.15, -0.1) is 11.3 Å². The number of urea groups is 1. The number of aryl methyl sites for hydroxylation is 1. The molecule has 2 unspecified atom stereocenters. The van der Waals surface area contributed by atoms with Crippen molar-refractivity contribution in [3.8, 4) is 0 Å². The number of amides is 2. The molecule has 1 aliphatic rings. The molecule has 2 N–H and O–H groups in total. The second kappa shape index (κ2) is 5.98. The van der Waals surface area contributed by atoms with Crippen LogP contribution in [0.15, 0.2) is 5.51 Å². The van der Waals surface area contributed by atoms with Crippen LogP contribution < -0.4 is 5.32 Å². The molecule has 7 nitrogen and oxygen atoms in total. The van der Waals surface area contributed by atoms with E-state index in [4.69, 9.17) is 4.74 Å². The normalized spacial score (nSPS) is 24.8. The summed E-state index contributed by atoms with van der Waals surface area (Å²) in [7, 11) is 1.67. The molecule has 0 aliphatic carbocycles. The highest BCUT2D eigenvalue weighted by molar-refractivity contribution is 7.09. The fourth-order valence-electron chi connectivity index (χ4n) is 2.11. The summed E-state index contributed by atoms with van der Waals surface area (Å²) in [6.07, 6.45) is 0. The highest BCUT2D eigenvalue weighted by Gasteiger charge is 2.47. The largest absolute Gasteiger partial charge is 0.481 e. The van der Waals surface area contributed by atoms with Gasteiger partial charge in [-0.25, -0.2) is 9.78 Å². The Morgan fingerprint density at radius 3 is 2.95 bits per heavy atom. The van der Waals surface area contributed by atoms with Crippen LogP contribution >= 0.6 is 11.3 Å². The lowest BCUT2D eigenvalue weighted by Crippen LogP contribution is -2.52. The Morgan fingerprint density at radius 2 is 2.38 bits per heavy atom. The van der Waals surface area contributed by atoms with Crippen molar-refractivity contribution < 1.29 is 19.4 Å². The molecule has 8 heteroatoms. The lowest BCUT2D eigenvalue weighted by atomic mass is 9.85. The zero-order valence-corrected chi connectivity index (χ0v) is 13.1. The zero-order chi connectivity index (χ0) is 15.6. The van der Waals surface area contributed by atoms with E-state index in [2.05, 4.69) is 10.3 Å². The van der Waals surface area contributed by atoms with Gasteiger partial charge in [-0.2, -0.15) is 0 Å². The Morgan fingerprint density at radius 1 is 1.67 bits per heavy atom. The third kappa shape index (κ3) is 3.16. The van der Waals surface area contributed by atoms with Crippen LogP contribution in [0.25, 0.3) is 0 Å². The number of carbonyl (C=O) groups is 2. The highest BCUT2D eigenvalue weighted by Crippen LogP contribution is 2.28. The van der Waals surface area contributed by atoms with E-state index in [-0.39, 0.29) is 19.2 Å². The second-order valence-corrected chi connectivity index (χ2v) is 6.40. The average Bonchev–Trinajstić information content (AvgIpc) is 2.98. The van der Waals surface area contributed by atoms with Crippen LogP contribution in [-0.4, -0.2) is 53.3 Å². The van der Waals surface area contributed by atoms with Crippen LogP contribution in [0, 0.1) is 12.3 Å². The first-order chi connectivity index (χ1) is 9.84. The summed E-state index contributed by atoms with van der Waals surface area (Å²) in [6.45, 7) is 4.23. The van der Waals surface area contributed by atoms with Gasteiger partial charge in [0.2, 0.25) is 0 Å². The summed E-state index contributed by atoms with van der Waals surface area (Å²) in [5, 5.41) is 12.0. The van der Waals surface area contributed by atoms with Crippen LogP contribution in [0.1, 0.15) is 17.5 Å². The molecule has 0 spiro atoms. The number of nitrogens with zero attached hydrogens (tertiary/aromatic N) is 2. The van der Waals surface area contributed by atoms with E-state index in [9.17, 15) is 14.7 Å². The first-order valence-corrected chi connectivity index (χ1v) is 7.44. The Hall–Kier alpha value is -1.67. The smallest absolute Gasteiger partial charge is 0.317 e. The molecule has 116 valence electrons. The van der Waals surface area contributed by atoms with Crippen molar-refractivity contribution in [1.82, 2.24) is 15.2 Å². The van der Waals surface area contributed by atoms with Gasteiger partial charge in [-0.1, -0.05) is 0 Å². The fraction of sp³-hybridized carbons (Fsp3) is 0.615. The van der Waals surface area contributed by atoms with Crippen molar-refractivity contribution in [2.24, 2.45) is 5.41 Å². The van der Waals surface area contributed by atoms with E-state index in [1.807, 2.05) is 6.92 Å². The van der Waals surface area contributed by atoms with Crippen molar-refractivity contribution in [2.45, 2.75) is 26.4 Å². The molecular weight excluding hydrogens is 294 g/mol. The van der Waals surface area contributed by atoms with E-state index in [1.165, 1.54) is 16.2 Å². The van der Waals surface area contributed by atoms with Gasteiger partial charge < -0.3 is 20.1 Å². The van der Waals surface area contributed by atoms with Crippen molar-refractivity contribution in [2.75, 3.05) is 20.3 Å². The molecule has 2 atom stereocenters. The average molecular weight is 313 g/mol. The summed E-state index contributed by atoms with van der Waals surface area (Å²) in [5.74, 6) is -0.966. The molecule has 0 saturated carbocycles. The summed E-state index contributed by atoms with van der Waals surface area (Å²) in [6, 6.07) is -0.849. The first kappa shape index (κ1) is 15.7. The zero-order valence-electron chi connectivity index (χ0n) is 12.3. The number of hydrogen-bond acceptors (Lipinski definition) is 5. The van der Waals surface area contributed by atoms with Crippen LogP contribution in [0.2, 0.25) is 0 Å². The maximum absolute atomic E-state index is 12.2. The van der Waals surface area contributed by atoms with Gasteiger partial charge >= 0.3 is 12.0 Å². The number of aliphatic carboxylic acids is 1. The SMILES string of the molecule is Cc1ncsc1CN(C)C(=O)NC1COCC1(C)C(=O)O. The Kier molecular flexibility index (Phi) is 4.48. The summed E-state index contributed by atoms with van der Waals surface area (Å²) >= 11 is 1.49. The Bertz CT molecular complexity index is 547. The maximum Gasteiger partial charge on any atom is 0.317 e. The van der Waals surface area contributed by atoms with Gasteiger partial charge in [0, 0.05) is 11.9 Å². The topological polar surface area (TPSA) is 91.8 Å². The predicted octanol–water partition coefficient (Wildman–Crippen LogP) is 1.08. The number of ether oxygens (including phenoxy) is 1. The lowest BCUT2D eigenvalue weighted by molar-refractivity contribution is -0.148. The predicted molar refractivity (Wildman–Crippen MR) is 77.2 cm³/mol. The fourth-order valence-corrected chi connectivity index (χ4v) is 2.94. The van der Waals surface area contributed by atoms with Gasteiger partial charge in [-0.05, 0) is 13.8 Å². The number of thiazole rings is 1. The van der Waals surface area contributed by atoms with Crippen LogP contribution in [0.4, 0.5) is 4.79 Å². The number of aromatic nitrogens is 1. The van der Waals surface area contributed by atoms with Crippen molar-refractivity contribution >= 4 is 23.3 Å². The quantitative estimate of drug-likeness (QED) is 0.868. The van der Waals surface area contributed by atoms with E-state index in [1.54, 1.807) is 19.5 Å². The molecule has 0 bridgehead atoms. The third-order valence-corrected chi connectivity index (χ3v) is 4.73. The Labute approximate surface area is 126 Å². The summed E-state index contributed by atoms with van der Waals surface area (Å²) < 4.78 is 5.22. The van der Waals surface area contributed by atoms with E-state index >= 15 is 0 Å². The van der Waals surface area contributed by atoms with E-state index < -0.39 is 17.4 Å². The molecule has 2 heterocycles. The van der Waals surface area contributed by atoms with Crippen LogP contribution in [0.3, 0.4) is 0 Å². The molecule has 2 amide bonds. The number of carboxylic acid groups (broad SMARTS) is 1. The lowest BCUT2D eigenvalue weighted by Gasteiger charge is -2.27. The minimum atomic E-state index is -1.09. The number of carbonyl (C=O) groups excluding carboxylic acids is 1. The van der Waals surface area contributed by atoms with Crippen molar-refractivity contribution in [1.29, 1.82) is 0 Å². The van der Waals surface area contributed by atoms with E-state index in [0.717, 1.165) is 10.6 Å². The van der Waals surface area contributed by atoms with Gasteiger partial charge in [-0.3, -0.25) is 4.79 Å². The van der Waals surface area contributed by atoms with Gasteiger partial charge in [0.05, 0.1) is 37.0 Å². The van der Waals surface area contributed by atoms with E-state index in [0.29, 0.717) is 6.54 Å². The monoisotopic (exact) mass is 313 g/mol. The minimum Gasteiger partial charge on any atom is -0.481 e. The third-order valence-electron chi connectivity index (χ3n) is 3.81. The molecule has 1 aromatic heterocycles. The van der Waals surface area contributed by atoms with Crippen LogP contribution in [0.5, 0.6) is 0 Å².